The van der Waals surface area contributed by atoms with Gasteiger partial charge in [0.05, 0.1) is 18.4 Å². The van der Waals surface area contributed by atoms with Crippen LogP contribution in [0.1, 0.15) is 10.4 Å². The van der Waals surface area contributed by atoms with Crippen molar-refractivity contribution in [1.82, 2.24) is 14.8 Å². The van der Waals surface area contributed by atoms with E-state index in [0.29, 0.717) is 28.0 Å². The Bertz CT molecular complexity index is 1270. The Labute approximate surface area is 190 Å². The highest BCUT2D eigenvalue weighted by molar-refractivity contribution is 9.10. The van der Waals surface area contributed by atoms with Gasteiger partial charge >= 0.3 is 5.97 Å². The minimum absolute atomic E-state index is 0.151. The molecule has 0 fully saturated rings. The summed E-state index contributed by atoms with van der Waals surface area (Å²) in [7, 11) is 3.14. The molecule has 0 aliphatic carbocycles. The van der Waals surface area contributed by atoms with E-state index in [1.165, 1.54) is 18.9 Å². The second-order valence-corrected chi connectivity index (χ2v) is 8.42. The van der Waals surface area contributed by atoms with E-state index in [4.69, 9.17) is 4.42 Å². The molecule has 2 aromatic heterocycles. The SMILES string of the molecule is COC(=O)c1ccc(NC(=O)CSc2nnc(-c3cc4cc(Br)ccc4o3)n2C)cc1. The maximum atomic E-state index is 12.3. The van der Waals surface area contributed by atoms with Crippen LogP contribution >= 0.6 is 27.7 Å². The number of aromatic nitrogens is 3. The molecular weight excluding hydrogens is 484 g/mol. The Balaban J connectivity index is 1.40. The number of furan rings is 1. The molecule has 8 nitrogen and oxygen atoms in total. The molecule has 0 spiro atoms. The second kappa shape index (κ2) is 8.94. The Morgan fingerprint density at radius 3 is 2.68 bits per heavy atom. The van der Waals surface area contributed by atoms with Gasteiger partial charge in [-0.15, -0.1) is 10.2 Å². The van der Waals surface area contributed by atoms with Crippen molar-refractivity contribution >= 4 is 56.2 Å². The van der Waals surface area contributed by atoms with Gasteiger partial charge < -0.3 is 19.0 Å². The predicted molar refractivity (Wildman–Crippen MR) is 121 cm³/mol. The number of esters is 1. The number of anilines is 1. The highest BCUT2D eigenvalue weighted by Crippen LogP contribution is 2.30. The highest BCUT2D eigenvalue weighted by atomic mass is 79.9. The zero-order valence-corrected chi connectivity index (χ0v) is 19.0. The van der Waals surface area contributed by atoms with E-state index in [1.807, 2.05) is 31.3 Å². The smallest absolute Gasteiger partial charge is 0.337 e. The number of hydrogen-bond acceptors (Lipinski definition) is 7. The van der Waals surface area contributed by atoms with Crippen molar-refractivity contribution in [2.75, 3.05) is 18.2 Å². The average Bonchev–Trinajstić information content (AvgIpc) is 3.34. The number of nitrogens with one attached hydrogen (secondary N) is 1. The van der Waals surface area contributed by atoms with Gasteiger partial charge in [-0.3, -0.25) is 4.79 Å². The van der Waals surface area contributed by atoms with Crippen molar-refractivity contribution in [1.29, 1.82) is 0 Å². The van der Waals surface area contributed by atoms with E-state index >= 15 is 0 Å². The average molecular weight is 501 g/mol. The minimum Gasteiger partial charge on any atom is -0.465 e. The number of carbonyl (C=O) groups is 2. The molecule has 0 aliphatic heterocycles. The number of carbonyl (C=O) groups excluding carboxylic acids is 2. The van der Waals surface area contributed by atoms with Crippen molar-refractivity contribution in [2.24, 2.45) is 7.05 Å². The Kier molecular flexibility index (Phi) is 6.10. The lowest BCUT2D eigenvalue weighted by atomic mass is 10.2. The van der Waals surface area contributed by atoms with Gasteiger partial charge in [-0.25, -0.2) is 4.79 Å². The summed E-state index contributed by atoms with van der Waals surface area (Å²) in [6, 6.07) is 14.2. The van der Waals surface area contributed by atoms with Crippen molar-refractivity contribution in [3.8, 4) is 11.6 Å². The summed E-state index contributed by atoms with van der Waals surface area (Å²) in [5.74, 6) is 0.703. The first-order valence-corrected chi connectivity index (χ1v) is 10.9. The molecule has 10 heteroatoms. The van der Waals surface area contributed by atoms with Gasteiger partial charge in [0.25, 0.3) is 0 Å². The Morgan fingerprint density at radius 1 is 1.16 bits per heavy atom. The molecular formula is C21H17BrN4O4S. The van der Waals surface area contributed by atoms with Crippen LogP contribution in [0.2, 0.25) is 0 Å². The first-order chi connectivity index (χ1) is 14.9. The topological polar surface area (TPSA) is 99.2 Å². The Morgan fingerprint density at radius 2 is 1.94 bits per heavy atom. The zero-order chi connectivity index (χ0) is 22.0. The summed E-state index contributed by atoms with van der Waals surface area (Å²) in [6.45, 7) is 0. The van der Waals surface area contributed by atoms with Gasteiger partial charge in [0.15, 0.2) is 16.7 Å². The Hall–Kier alpha value is -3.11. The quantitative estimate of drug-likeness (QED) is 0.307. The number of hydrogen-bond donors (Lipinski definition) is 1. The number of halogens is 1. The lowest BCUT2D eigenvalue weighted by Crippen LogP contribution is -2.14. The third-order valence-electron chi connectivity index (χ3n) is 4.46. The van der Waals surface area contributed by atoms with Gasteiger partial charge in [-0.1, -0.05) is 27.7 Å². The molecule has 4 rings (SSSR count). The molecule has 2 aromatic carbocycles. The summed E-state index contributed by atoms with van der Waals surface area (Å²) in [5.41, 5.74) is 1.76. The molecule has 31 heavy (non-hydrogen) atoms. The largest absolute Gasteiger partial charge is 0.465 e. The van der Waals surface area contributed by atoms with Crippen molar-refractivity contribution in [3.63, 3.8) is 0 Å². The van der Waals surface area contributed by atoms with Crippen LogP contribution in [-0.2, 0) is 16.6 Å². The van der Waals surface area contributed by atoms with E-state index in [-0.39, 0.29) is 11.7 Å². The summed E-state index contributed by atoms with van der Waals surface area (Å²) in [5, 5.41) is 12.7. The lowest BCUT2D eigenvalue weighted by Gasteiger charge is -2.06. The number of rotatable bonds is 6. The first-order valence-electron chi connectivity index (χ1n) is 9.14. The van der Waals surface area contributed by atoms with Crippen LogP contribution in [0.3, 0.4) is 0 Å². The number of thioether (sulfide) groups is 1. The summed E-state index contributed by atoms with van der Waals surface area (Å²) >= 11 is 4.72. The molecule has 0 atom stereocenters. The van der Waals surface area contributed by atoms with Crippen molar-refractivity contribution < 1.29 is 18.7 Å². The maximum Gasteiger partial charge on any atom is 0.337 e. The molecule has 2 heterocycles. The second-order valence-electron chi connectivity index (χ2n) is 6.56. The maximum absolute atomic E-state index is 12.3. The molecule has 1 amide bonds. The van der Waals surface area contributed by atoms with Crippen LogP contribution in [0.15, 0.2) is 62.6 Å². The molecule has 0 bridgehead atoms. The summed E-state index contributed by atoms with van der Waals surface area (Å²) in [6.07, 6.45) is 0. The van der Waals surface area contributed by atoms with Crippen LogP contribution in [0, 0.1) is 0 Å². The van der Waals surface area contributed by atoms with Crippen LogP contribution in [0.5, 0.6) is 0 Å². The molecule has 4 aromatic rings. The van der Waals surface area contributed by atoms with Gasteiger partial charge in [0.1, 0.15) is 5.58 Å². The van der Waals surface area contributed by atoms with E-state index in [1.54, 1.807) is 28.8 Å². The van der Waals surface area contributed by atoms with Gasteiger partial charge in [-0.05, 0) is 48.5 Å². The predicted octanol–water partition coefficient (Wildman–Crippen LogP) is 4.51. The molecule has 0 radical (unpaired) electrons. The first kappa shape index (κ1) is 21.1. The number of nitrogens with zero attached hydrogens (tertiary/aromatic N) is 3. The third-order valence-corrected chi connectivity index (χ3v) is 5.97. The van der Waals surface area contributed by atoms with Gasteiger partial charge in [0, 0.05) is 22.6 Å². The zero-order valence-electron chi connectivity index (χ0n) is 16.6. The van der Waals surface area contributed by atoms with E-state index < -0.39 is 5.97 Å². The molecule has 1 N–H and O–H groups in total. The minimum atomic E-state index is -0.427. The van der Waals surface area contributed by atoms with Gasteiger partial charge in [-0.2, -0.15) is 0 Å². The fourth-order valence-corrected chi connectivity index (χ4v) is 4.00. The molecule has 0 unspecified atom stereocenters. The van der Waals surface area contributed by atoms with Crippen LogP contribution in [0.4, 0.5) is 5.69 Å². The monoisotopic (exact) mass is 500 g/mol. The highest BCUT2D eigenvalue weighted by Gasteiger charge is 2.17. The summed E-state index contributed by atoms with van der Waals surface area (Å²) < 4.78 is 13.3. The number of benzene rings is 2. The lowest BCUT2D eigenvalue weighted by molar-refractivity contribution is -0.113. The van der Waals surface area contributed by atoms with E-state index in [9.17, 15) is 9.59 Å². The number of amides is 1. The van der Waals surface area contributed by atoms with E-state index in [0.717, 1.165) is 15.4 Å². The molecule has 158 valence electrons. The number of methoxy groups -OCH3 is 1. The molecule has 0 aliphatic rings. The number of fused-ring (bicyclic) bond motifs is 1. The van der Waals surface area contributed by atoms with Crippen molar-refractivity contribution in [2.45, 2.75) is 5.16 Å². The number of ether oxygens (including phenoxy) is 1. The third kappa shape index (κ3) is 4.64. The fourth-order valence-electron chi connectivity index (χ4n) is 2.91. The normalized spacial score (nSPS) is 10.9. The molecule has 0 saturated carbocycles. The van der Waals surface area contributed by atoms with Crippen LogP contribution in [-0.4, -0.2) is 39.5 Å². The van der Waals surface area contributed by atoms with Crippen LogP contribution in [0.25, 0.3) is 22.6 Å². The fraction of sp³-hybridized carbons (Fsp3) is 0.143. The standard InChI is InChI=1S/C21H17BrN4O4S/c1-26-19(17-10-13-9-14(22)5-8-16(13)30-17)24-25-21(26)31-11-18(27)23-15-6-3-12(4-7-15)20(28)29-2/h3-10H,11H2,1-2H3,(H,23,27). The molecule has 0 saturated heterocycles. The van der Waals surface area contributed by atoms with Gasteiger partial charge in [0.2, 0.25) is 5.91 Å². The summed E-state index contributed by atoms with van der Waals surface area (Å²) in [4.78, 5) is 23.8. The van der Waals surface area contributed by atoms with Crippen LogP contribution < -0.4 is 5.32 Å². The van der Waals surface area contributed by atoms with E-state index in [2.05, 4.69) is 36.2 Å². The van der Waals surface area contributed by atoms with Crippen molar-refractivity contribution in [3.05, 3.63) is 58.6 Å².